The van der Waals surface area contributed by atoms with Gasteiger partial charge in [-0.15, -0.1) is 0 Å². The molecule has 5 aromatic rings. The Balaban J connectivity index is 1.45. The average Bonchev–Trinajstić information content (AvgIpc) is 3.44. The highest BCUT2D eigenvalue weighted by molar-refractivity contribution is 8.03. The van der Waals surface area contributed by atoms with Gasteiger partial charge in [0.05, 0.1) is 48.7 Å². The van der Waals surface area contributed by atoms with Crippen LogP contribution in [0.3, 0.4) is 0 Å². The first kappa shape index (κ1) is 61.6. The number of pyridine rings is 4. The summed E-state index contributed by atoms with van der Waals surface area (Å²) in [7, 11) is 0. The largest absolute Gasteiger partial charge is 0.502 e. The Morgan fingerprint density at radius 1 is 0.481 bits per heavy atom. The molecule has 0 fully saturated rings. The van der Waals surface area contributed by atoms with Crippen LogP contribution in [0.4, 0.5) is 0 Å². The number of aromatic nitrogens is 4. The minimum absolute atomic E-state index is 0.0773. The number of hydrogen-bond acceptors (Lipinski definition) is 20. The van der Waals surface area contributed by atoms with E-state index >= 15 is 0 Å². The number of amides is 4. The molecule has 0 saturated heterocycles. The number of carbonyl (C=O) groups is 4. The van der Waals surface area contributed by atoms with Crippen molar-refractivity contribution in [1.29, 1.82) is 5.26 Å². The van der Waals surface area contributed by atoms with E-state index in [2.05, 4.69) is 21.3 Å². The lowest BCUT2D eigenvalue weighted by Gasteiger charge is -2.32. The van der Waals surface area contributed by atoms with Crippen LogP contribution in [-0.4, -0.2) is 184 Å². The van der Waals surface area contributed by atoms with E-state index in [9.17, 15) is 84.5 Å². The van der Waals surface area contributed by atoms with Gasteiger partial charge in [-0.05, 0) is 66.1 Å². The van der Waals surface area contributed by atoms with Gasteiger partial charge < -0.3 is 80.4 Å². The molecule has 79 heavy (non-hydrogen) atoms. The van der Waals surface area contributed by atoms with Crippen LogP contribution < -0.4 is 43.5 Å². The van der Waals surface area contributed by atoms with E-state index in [0.29, 0.717) is 11.3 Å². The molecule has 5 rings (SSSR count). The van der Waals surface area contributed by atoms with Crippen LogP contribution in [0, 0.1) is 16.6 Å². The average molecular weight is 1120 g/mol. The van der Waals surface area contributed by atoms with Gasteiger partial charge in [-0.25, -0.2) is 0 Å². The van der Waals surface area contributed by atoms with Crippen molar-refractivity contribution >= 4 is 35.4 Å². The SMILES string of the molecule is N#CSc1ccc(CC(CN(CCNC(=O)c2ccn(CCO)c(=O)c2O)CCNC(=O)c2ccn(CCO)c(=O)c2O)CN(CCNC(=O)c2ccn(CCO)c(=O)c2O)CCNC(=O)c2ccn(CCO)c(=O)c2O)cc1. The lowest BCUT2D eigenvalue weighted by atomic mass is 9.97. The van der Waals surface area contributed by atoms with Crippen molar-refractivity contribution in [1.82, 2.24) is 49.3 Å². The summed E-state index contributed by atoms with van der Waals surface area (Å²) in [5, 5.41) is 102. The molecule has 0 aliphatic heterocycles. The van der Waals surface area contributed by atoms with Crippen molar-refractivity contribution < 1.29 is 60.0 Å². The molecule has 0 aliphatic rings. The van der Waals surface area contributed by atoms with Gasteiger partial charge in [0.15, 0.2) is 23.0 Å². The molecule has 27 nitrogen and oxygen atoms in total. The molecule has 4 aromatic heterocycles. The molecular weight excluding hydrogens is 1050 g/mol. The first-order chi connectivity index (χ1) is 38.0. The lowest BCUT2D eigenvalue weighted by molar-refractivity contribution is 0.0931. The Labute approximate surface area is 454 Å². The molecule has 0 spiro atoms. The number of nitrogens with zero attached hydrogens (tertiary/aromatic N) is 7. The highest BCUT2D eigenvalue weighted by atomic mass is 32.2. The predicted octanol–water partition coefficient (Wildman–Crippen LogP) is -2.82. The number of aliphatic hydroxyl groups excluding tert-OH is 4. The molecule has 0 unspecified atom stereocenters. The fourth-order valence-corrected chi connectivity index (χ4v) is 8.77. The molecule has 1 aromatic carbocycles. The van der Waals surface area contributed by atoms with E-state index < -0.39 is 101 Å². The smallest absolute Gasteiger partial charge is 0.293 e. The topological polar surface area (TPSA) is 397 Å². The minimum atomic E-state index is -0.898. The summed E-state index contributed by atoms with van der Waals surface area (Å²) in [5.41, 5.74) is -4.09. The normalized spacial score (nSPS) is 11.2. The molecule has 4 amide bonds. The van der Waals surface area contributed by atoms with E-state index in [1.54, 1.807) is 12.1 Å². The zero-order chi connectivity index (χ0) is 57.6. The number of hydrogen-bond donors (Lipinski definition) is 12. The minimum Gasteiger partial charge on any atom is -0.502 e. The number of thiocyanates is 1. The van der Waals surface area contributed by atoms with Crippen LogP contribution in [0.2, 0.25) is 0 Å². The number of thioether (sulfide) groups is 1. The van der Waals surface area contributed by atoms with Crippen LogP contribution in [-0.2, 0) is 32.6 Å². The number of carbonyl (C=O) groups excluding carboxylic acids is 4. The van der Waals surface area contributed by atoms with E-state index in [0.717, 1.165) is 35.6 Å². The first-order valence-electron chi connectivity index (χ1n) is 24.8. The van der Waals surface area contributed by atoms with Crippen molar-refractivity contribution in [2.24, 2.45) is 5.92 Å². The van der Waals surface area contributed by atoms with Crippen molar-refractivity contribution in [3.8, 4) is 28.4 Å². The standard InChI is InChI=1S/C51H63N11O16S/c52-32-79-35-3-1-33(2-4-35)29-34(30-57(17-9-53-44(71)36-5-13-59(21-25-63)48(75)40(36)67)18-10-54-45(72)37-6-14-60(22-26-64)49(76)41(37)68)31-58(19-11-55-46(73)38-7-15-61(23-27-65)50(77)42(38)69)20-12-56-47(74)39-8-16-62(24-28-66)51(78)43(39)70/h1-8,13-16,34,63-70H,9-12,17-31H2,(H,53,71)(H,54,72)(H,55,73)(H,56,74). The maximum atomic E-state index is 13.4. The third-order valence-corrected chi connectivity index (χ3v) is 13.0. The fourth-order valence-electron chi connectivity index (χ4n) is 8.39. The summed E-state index contributed by atoms with van der Waals surface area (Å²) in [6.07, 6.45) is 5.33. The zero-order valence-corrected chi connectivity index (χ0v) is 43.6. The Bertz CT molecular complexity index is 2850. The number of nitriles is 1. The van der Waals surface area contributed by atoms with Crippen LogP contribution in [0.25, 0.3) is 0 Å². The van der Waals surface area contributed by atoms with Crippen molar-refractivity contribution in [3.05, 3.63) is 143 Å². The predicted molar refractivity (Wildman–Crippen MR) is 285 cm³/mol. The zero-order valence-electron chi connectivity index (χ0n) is 42.8. The summed E-state index contributed by atoms with van der Waals surface area (Å²) in [5.74, 6) is -6.94. The second kappa shape index (κ2) is 30.6. The van der Waals surface area contributed by atoms with Gasteiger partial charge in [0.2, 0.25) is 0 Å². The number of aliphatic hydroxyl groups is 4. The van der Waals surface area contributed by atoms with Crippen LogP contribution in [0.1, 0.15) is 47.0 Å². The Hall–Kier alpha value is -8.30. The van der Waals surface area contributed by atoms with E-state index in [4.69, 9.17) is 0 Å². The van der Waals surface area contributed by atoms with Gasteiger partial charge in [-0.2, -0.15) is 5.26 Å². The van der Waals surface area contributed by atoms with Crippen molar-refractivity contribution in [2.45, 2.75) is 37.5 Å². The third-order valence-electron chi connectivity index (χ3n) is 12.4. The van der Waals surface area contributed by atoms with Gasteiger partial charge >= 0.3 is 0 Å². The monoisotopic (exact) mass is 1120 g/mol. The molecule has 424 valence electrons. The summed E-state index contributed by atoms with van der Waals surface area (Å²) in [6.45, 7) is -1.75. The van der Waals surface area contributed by atoms with Gasteiger partial charge in [0, 0.05) is 121 Å². The van der Waals surface area contributed by atoms with Crippen molar-refractivity contribution in [3.63, 3.8) is 0 Å². The Morgan fingerprint density at radius 2 is 0.759 bits per heavy atom. The van der Waals surface area contributed by atoms with Gasteiger partial charge in [-0.1, -0.05) is 12.1 Å². The summed E-state index contributed by atoms with van der Waals surface area (Å²) < 4.78 is 4.12. The summed E-state index contributed by atoms with van der Waals surface area (Å²) in [4.78, 5) is 109. The highest BCUT2D eigenvalue weighted by Crippen LogP contribution is 2.21. The molecule has 28 heteroatoms. The molecule has 4 heterocycles. The number of rotatable bonds is 31. The molecule has 12 N–H and O–H groups in total. The second-order valence-electron chi connectivity index (χ2n) is 17.7. The number of nitrogens with one attached hydrogen (secondary N) is 4. The molecule has 0 aliphatic carbocycles. The van der Waals surface area contributed by atoms with E-state index in [1.165, 1.54) is 49.1 Å². The molecule has 0 bridgehead atoms. The van der Waals surface area contributed by atoms with Gasteiger partial charge in [0.25, 0.3) is 45.9 Å². The lowest BCUT2D eigenvalue weighted by Crippen LogP contribution is -2.46. The van der Waals surface area contributed by atoms with E-state index in [-0.39, 0.29) is 114 Å². The second-order valence-corrected chi connectivity index (χ2v) is 18.6. The number of aromatic hydroxyl groups is 4. The van der Waals surface area contributed by atoms with Crippen LogP contribution in [0.5, 0.6) is 23.0 Å². The Morgan fingerprint density at radius 3 is 1.01 bits per heavy atom. The van der Waals surface area contributed by atoms with Gasteiger partial charge in [0.1, 0.15) is 5.40 Å². The summed E-state index contributed by atoms with van der Waals surface area (Å²) in [6, 6.07) is 12.1. The first-order valence-corrected chi connectivity index (χ1v) is 25.6. The maximum Gasteiger partial charge on any atom is 0.293 e. The van der Waals surface area contributed by atoms with Crippen LogP contribution in [0.15, 0.2) is 97.4 Å². The summed E-state index contributed by atoms with van der Waals surface area (Å²) >= 11 is 0.955. The Kier molecular flexibility index (Phi) is 23.8. The molecule has 0 radical (unpaired) electrons. The fraction of sp³-hybridized carbons (Fsp3) is 0.392. The van der Waals surface area contributed by atoms with Crippen LogP contribution >= 0.6 is 11.8 Å². The third kappa shape index (κ3) is 17.1. The maximum absolute atomic E-state index is 13.4. The van der Waals surface area contributed by atoms with Gasteiger partial charge in [-0.3, -0.25) is 48.2 Å². The quantitative estimate of drug-likeness (QED) is 0.0157. The number of benzene rings is 1. The highest BCUT2D eigenvalue weighted by Gasteiger charge is 2.24. The van der Waals surface area contributed by atoms with E-state index in [1.807, 2.05) is 27.3 Å². The molecular formula is C51H63N11O16S. The molecule has 0 saturated carbocycles. The molecule has 0 atom stereocenters. The van der Waals surface area contributed by atoms with Crippen molar-refractivity contribution in [2.75, 3.05) is 91.9 Å².